The van der Waals surface area contributed by atoms with Gasteiger partial charge >= 0.3 is 5.97 Å². The maximum absolute atomic E-state index is 13.2. The van der Waals surface area contributed by atoms with E-state index in [4.69, 9.17) is 14.2 Å². The van der Waals surface area contributed by atoms with Crippen molar-refractivity contribution in [2.45, 2.75) is 174 Å². The Bertz CT molecular complexity index is 1960. The van der Waals surface area contributed by atoms with Gasteiger partial charge in [-0.25, -0.2) is 0 Å². The normalized spacial score (nSPS) is 47.2. The Morgan fingerprint density at radius 3 is 2.19 bits per heavy atom. The summed E-state index contributed by atoms with van der Waals surface area (Å²) in [5.74, 6) is 0.316. The van der Waals surface area contributed by atoms with Crippen LogP contribution in [0.1, 0.15) is 138 Å². The van der Waals surface area contributed by atoms with E-state index in [2.05, 4.69) is 47.2 Å². The van der Waals surface area contributed by atoms with E-state index in [0.29, 0.717) is 44.9 Å². The maximum atomic E-state index is 13.2. The zero-order valence-electron chi connectivity index (χ0n) is 37.7. The summed E-state index contributed by atoms with van der Waals surface area (Å²) in [5, 5.41) is 32.9. The molecule has 8 aliphatic carbocycles. The molecule has 6 saturated carbocycles. The fraction of sp³-hybridized carbons (Fsp3) is 0.780. The van der Waals surface area contributed by atoms with E-state index in [9.17, 15) is 39.3 Å². The van der Waals surface area contributed by atoms with Crippen molar-refractivity contribution in [2.24, 2.45) is 57.2 Å². The van der Waals surface area contributed by atoms with Crippen molar-refractivity contribution in [3.05, 3.63) is 35.5 Å². The number of thiol groups is 1. The summed E-state index contributed by atoms with van der Waals surface area (Å²) < 4.78 is 18.7. The number of Topliss-reactive ketones (excluding diaryl/α,β-unsaturated/α-hetero) is 2. The Morgan fingerprint density at radius 2 is 1.52 bits per heavy atom. The molecule has 7 fully saturated rings. The first-order chi connectivity index (χ1) is 29.3. The van der Waals surface area contributed by atoms with Crippen molar-refractivity contribution in [1.82, 2.24) is 0 Å². The van der Waals surface area contributed by atoms with Gasteiger partial charge in [0.15, 0.2) is 40.6 Å². The van der Waals surface area contributed by atoms with Crippen LogP contribution in [-0.4, -0.2) is 92.6 Å². The molecule has 1 saturated heterocycles. The van der Waals surface area contributed by atoms with Crippen LogP contribution in [-0.2, 0) is 38.2 Å². The number of esters is 1. The first kappa shape index (κ1) is 46.1. The predicted molar refractivity (Wildman–Crippen MR) is 234 cm³/mol. The van der Waals surface area contributed by atoms with E-state index in [1.807, 2.05) is 19.1 Å². The van der Waals surface area contributed by atoms with E-state index in [1.165, 1.54) is 5.57 Å². The van der Waals surface area contributed by atoms with Crippen LogP contribution in [0.2, 0.25) is 0 Å². The van der Waals surface area contributed by atoms with Gasteiger partial charge in [-0.15, -0.1) is 0 Å². The van der Waals surface area contributed by atoms with Gasteiger partial charge in [0.05, 0.1) is 24.1 Å². The molecule has 0 aromatic rings. The summed E-state index contributed by atoms with van der Waals surface area (Å²) in [7, 11) is 0. The largest absolute Gasteiger partial charge is 0.450 e. The van der Waals surface area contributed by atoms with E-state index in [-0.39, 0.29) is 87.6 Å². The Morgan fingerprint density at radius 1 is 0.839 bits per heavy atom. The number of aliphatic hydroxyl groups excluding tert-OH is 3. The van der Waals surface area contributed by atoms with Crippen molar-refractivity contribution >= 4 is 41.7 Å². The monoisotopic (exact) mass is 878 g/mol. The topological polar surface area (TPSA) is 174 Å². The van der Waals surface area contributed by atoms with E-state index in [0.717, 1.165) is 50.5 Å². The molecule has 0 unspecified atom stereocenters. The van der Waals surface area contributed by atoms with Gasteiger partial charge in [0.25, 0.3) is 0 Å². The predicted octanol–water partition coefficient (Wildman–Crippen LogP) is 6.79. The Labute approximate surface area is 372 Å². The average molecular weight is 879 g/mol. The van der Waals surface area contributed by atoms with E-state index >= 15 is 0 Å². The van der Waals surface area contributed by atoms with Crippen LogP contribution in [0.25, 0.3) is 0 Å². The molecule has 3 N–H and O–H groups in total. The van der Waals surface area contributed by atoms with Crippen molar-refractivity contribution in [1.29, 1.82) is 0 Å². The SMILES string of the molecule is CCCC(=O)O[C@]1(C(=O)CS)CC[C@H]2[C@@H]3CCC4=CC(=O)CC[C@]4(C)[C@H]3[C@@H](O)C[C@@]21C.CCC[C@@H]1O[C@@H]2C[C@H]3[C@@H]4CCC5=CC(=O)C=C[C@]5(C)[C@H]4[C@@H](O)C[C@]3(C)[C@]2(C(=O)CO)O1. The summed E-state index contributed by atoms with van der Waals surface area (Å²) in [6.07, 6.45) is 15.4. The molecule has 1 aliphatic heterocycles. The van der Waals surface area contributed by atoms with Gasteiger partial charge in [-0.3, -0.25) is 24.0 Å². The molecule has 0 aromatic heterocycles. The van der Waals surface area contributed by atoms with Gasteiger partial charge in [0, 0.05) is 35.0 Å². The fourth-order valence-corrected chi connectivity index (χ4v) is 16.3. The molecule has 0 radical (unpaired) electrons. The van der Waals surface area contributed by atoms with E-state index < -0.39 is 53.2 Å². The van der Waals surface area contributed by atoms with Gasteiger partial charge in [0.2, 0.25) is 0 Å². The summed E-state index contributed by atoms with van der Waals surface area (Å²) >= 11 is 4.27. The molecule has 0 spiro atoms. The number of ketones is 4. The summed E-state index contributed by atoms with van der Waals surface area (Å²) in [6, 6.07) is 0. The second kappa shape index (κ2) is 16.4. The molecule has 9 rings (SSSR count). The number of carbonyl (C=O) groups is 5. The Kier molecular flexibility index (Phi) is 12.2. The van der Waals surface area contributed by atoms with Crippen LogP contribution in [0.3, 0.4) is 0 Å². The van der Waals surface area contributed by atoms with Gasteiger partial charge < -0.3 is 29.5 Å². The molecule has 342 valence electrons. The number of hydrogen-bond donors (Lipinski definition) is 4. The van der Waals surface area contributed by atoms with Crippen molar-refractivity contribution in [3.8, 4) is 0 Å². The second-order valence-electron chi connectivity index (χ2n) is 21.5. The lowest BCUT2D eigenvalue weighted by atomic mass is 9.45. The minimum Gasteiger partial charge on any atom is -0.450 e. The number of hydrogen-bond acceptors (Lipinski definition) is 12. The number of carbonyl (C=O) groups excluding carboxylic acids is 5. The molecule has 1 heterocycles. The first-order valence-corrected chi connectivity index (χ1v) is 24.3. The highest BCUT2D eigenvalue weighted by Crippen LogP contribution is 2.71. The quantitative estimate of drug-likeness (QED) is 0.142. The summed E-state index contributed by atoms with van der Waals surface area (Å²) in [5.41, 5.74) is -1.82. The molecule has 0 aromatic carbocycles. The molecule has 0 amide bonds. The number of rotatable bonds is 9. The maximum Gasteiger partial charge on any atom is 0.306 e. The highest BCUT2D eigenvalue weighted by Gasteiger charge is 2.76. The Balaban J connectivity index is 0.000000171. The van der Waals surface area contributed by atoms with E-state index in [1.54, 1.807) is 12.2 Å². The fourth-order valence-electron chi connectivity index (χ4n) is 16.1. The molecule has 12 heteroatoms. The minimum atomic E-state index is -1.20. The third-order valence-corrected chi connectivity index (χ3v) is 19.0. The van der Waals surface area contributed by atoms with Crippen LogP contribution < -0.4 is 0 Å². The summed E-state index contributed by atoms with van der Waals surface area (Å²) in [6.45, 7) is 11.9. The third kappa shape index (κ3) is 6.55. The highest BCUT2D eigenvalue weighted by molar-refractivity contribution is 7.81. The molecule has 62 heavy (non-hydrogen) atoms. The lowest BCUT2D eigenvalue weighted by Gasteiger charge is -2.60. The highest BCUT2D eigenvalue weighted by atomic mass is 32.1. The minimum absolute atomic E-state index is 0.0125. The number of ether oxygens (including phenoxy) is 3. The number of allylic oxidation sites excluding steroid dienone is 5. The molecular weight excluding hydrogens is 809 g/mol. The van der Waals surface area contributed by atoms with Crippen LogP contribution in [0.4, 0.5) is 0 Å². The van der Waals surface area contributed by atoms with Crippen LogP contribution in [0.5, 0.6) is 0 Å². The van der Waals surface area contributed by atoms with Crippen molar-refractivity contribution in [2.75, 3.05) is 12.4 Å². The molecule has 9 aliphatic rings. The second-order valence-corrected chi connectivity index (χ2v) is 21.8. The van der Waals surface area contributed by atoms with Gasteiger partial charge in [-0.05, 0) is 130 Å². The molecular formula is C50H70O11S. The zero-order valence-corrected chi connectivity index (χ0v) is 38.6. The smallest absolute Gasteiger partial charge is 0.306 e. The number of aliphatic hydroxyl groups is 3. The van der Waals surface area contributed by atoms with Crippen molar-refractivity contribution < 1.29 is 53.5 Å². The van der Waals surface area contributed by atoms with Crippen LogP contribution in [0, 0.1) is 57.2 Å². The number of fused-ring (bicyclic) bond motifs is 12. The molecule has 0 bridgehead atoms. The van der Waals surface area contributed by atoms with Gasteiger partial charge in [-0.1, -0.05) is 65.2 Å². The summed E-state index contributed by atoms with van der Waals surface area (Å²) in [4.78, 5) is 63.1. The zero-order chi connectivity index (χ0) is 44.8. The van der Waals surface area contributed by atoms with Crippen LogP contribution in [0.15, 0.2) is 35.5 Å². The first-order valence-electron chi connectivity index (χ1n) is 23.7. The van der Waals surface area contributed by atoms with Crippen molar-refractivity contribution in [3.63, 3.8) is 0 Å². The average Bonchev–Trinajstić information content (AvgIpc) is 3.82. The third-order valence-electron chi connectivity index (χ3n) is 18.7. The van der Waals surface area contributed by atoms with Crippen LogP contribution >= 0.6 is 12.6 Å². The standard InChI is InChI=1S/C25H34O6.C25H36O5S/c1-4-5-21-30-20-11-17-16-7-6-14-10-15(27)8-9-23(14,2)22(16)18(28)12-24(17,3)25(20,31-21)19(29)13-26;1-4-5-21(29)30-25(20(28)14-31)11-9-18-17-7-6-15-12-16(26)8-10-23(15,2)22(17)19(27)13-24(18,25)3/h8-10,16-18,20-22,26,28H,4-7,11-13H2,1-3H3;12,17-19,22,27,31H,4-11,13-14H2,1-3H3/t16-,17-,18-,20+,21+,22+,23-,24-,25+;17-,18-,19-,22+,23-,24-,25-/m00/s1. The molecule has 11 nitrogen and oxygen atoms in total. The van der Waals surface area contributed by atoms with Gasteiger partial charge in [-0.2, -0.15) is 12.6 Å². The van der Waals surface area contributed by atoms with Gasteiger partial charge in [0.1, 0.15) is 6.61 Å². The lowest BCUT2D eigenvalue weighted by molar-refractivity contribution is -0.200. The Hall–Kier alpha value is -2.48. The molecule has 16 atom stereocenters. The lowest BCUT2D eigenvalue weighted by Crippen LogP contribution is -2.63.